The smallest absolute Gasteiger partial charge is 0.333 e. The Balaban J connectivity index is 1.32. The summed E-state index contributed by atoms with van der Waals surface area (Å²) in [6.45, 7) is 0.113. The van der Waals surface area contributed by atoms with Crippen molar-refractivity contribution in [2.75, 3.05) is 37.7 Å². The zero-order valence-corrected chi connectivity index (χ0v) is 26.3. The molecule has 2 aliphatic heterocycles. The predicted molar refractivity (Wildman–Crippen MR) is 176 cm³/mol. The van der Waals surface area contributed by atoms with Gasteiger partial charge in [0.05, 0.1) is 35.5 Å². The lowest BCUT2D eigenvalue weighted by Crippen LogP contribution is -2.66. The van der Waals surface area contributed by atoms with E-state index >= 15 is 0 Å². The Morgan fingerprint density at radius 2 is 1.96 bits per heavy atom. The minimum atomic E-state index is -0.923. The van der Waals surface area contributed by atoms with Crippen molar-refractivity contribution in [3.05, 3.63) is 83.2 Å². The van der Waals surface area contributed by atoms with Crippen molar-refractivity contribution in [3.8, 4) is 18.1 Å². The van der Waals surface area contributed by atoms with Crippen molar-refractivity contribution in [2.45, 2.75) is 31.7 Å². The summed E-state index contributed by atoms with van der Waals surface area (Å²) in [5.41, 5.74) is 9.06. The molecule has 3 heterocycles. The summed E-state index contributed by atoms with van der Waals surface area (Å²) in [6, 6.07) is 14.8. The second-order valence-corrected chi connectivity index (χ2v) is 12.3. The van der Waals surface area contributed by atoms with E-state index in [0.717, 1.165) is 20.9 Å². The Morgan fingerprint density at radius 3 is 2.68 bits per heavy atom. The number of halogens is 1. The van der Waals surface area contributed by atoms with Crippen LogP contribution >= 0.6 is 11.3 Å². The molecule has 6 rings (SSSR count). The molecule has 1 aromatic heterocycles. The first-order valence-electron chi connectivity index (χ1n) is 14.9. The number of anilines is 2. The number of urea groups is 1. The van der Waals surface area contributed by atoms with E-state index in [2.05, 4.69) is 16.6 Å². The van der Waals surface area contributed by atoms with Gasteiger partial charge in [-0.25, -0.2) is 19.2 Å². The number of amides is 4. The van der Waals surface area contributed by atoms with Gasteiger partial charge < -0.3 is 31.3 Å². The fourth-order valence-corrected chi connectivity index (χ4v) is 6.89. The minimum Gasteiger partial charge on any atom is -0.506 e. The van der Waals surface area contributed by atoms with Crippen LogP contribution in [0.2, 0.25) is 0 Å². The van der Waals surface area contributed by atoms with E-state index in [1.807, 2.05) is 18.2 Å². The molecule has 0 saturated carbocycles. The van der Waals surface area contributed by atoms with E-state index in [0.29, 0.717) is 11.1 Å². The van der Waals surface area contributed by atoms with Gasteiger partial charge in [0, 0.05) is 26.6 Å². The molecule has 14 heteroatoms. The number of fused-ring (bicyclic) bond motifs is 2. The number of carbonyl (C=O) groups is 3. The summed E-state index contributed by atoms with van der Waals surface area (Å²) in [5, 5.41) is 19.5. The number of thiazole rings is 1. The number of nitrogens with zero attached hydrogens (tertiary/aromatic N) is 5. The number of phenolic OH excluding ortho intramolecular Hbond substituents is 1. The van der Waals surface area contributed by atoms with Gasteiger partial charge in [0.2, 0.25) is 11.8 Å². The van der Waals surface area contributed by atoms with Gasteiger partial charge in [-0.2, -0.15) is 5.01 Å². The van der Waals surface area contributed by atoms with E-state index in [4.69, 9.17) is 17.1 Å². The number of aromatic nitrogens is 1. The number of nitrogens with one attached hydrogen (secondary N) is 2. The second-order valence-electron chi connectivity index (χ2n) is 11.3. The van der Waals surface area contributed by atoms with E-state index in [1.165, 1.54) is 39.4 Å². The maximum atomic E-state index is 14.2. The number of nitrogens with two attached hydrogens (primary N) is 1. The Bertz CT molecular complexity index is 1880. The first-order valence-corrected chi connectivity index (χ1v) is 15.7. The molecular formula is C33H33FN8O4S. The topological polar surface area (TPSA) is 147 Å². The Kier molecular flexibility index (Phi) is 8.84. The van der Waals surface area contributed by atoms with Crippen LogP contribution in [0.15, 0.2) is 60.7 Å². The number of para-hydroxylation sites is 1. The number of hydrogen-bond acceptors (Lipinski definition) is 9. The van der Waals surface area contributed by atoms with Gasteiger partial charge in [0.1, 0.15) is 23.8 Å². The third-order valence-corrected chi connectivity index (χ3v) is 9.35. The first-order chi connectivity index (χ1) is 22.7. The third-order valence-electron chi connectivity index (χ3n) is 8.31. The first kappa shape index (κ1) is 31.6. The molecule has 4 amide bonds. The van der Waals surface area contributed by atoms with E-state index in [1.54, 1.807) is 41.2 Å². The fraction of sp³-hybridized carbons (Fsp3) is 0.273. The van der Waals surface area contributed by atoms with Crippen molar-refractivity contribution < 1.29 is 23.9 Å². The van der Waals surface area contributed by atoms with Crippen molar-refractivity contribution >= 4 is 50.2 Å². The maximum Gasteiger partial charge on any atom is 0.333 e. The van der Waals surface area contributed by atoms with Crippen molar-refractivity contribution in [1.82, 2.24) is 30.1 Å². The summed E-state index contributed by atoms with van der Waals surface area (Å²) in [6.07, 6.45) is 5.10. The highest BCUT2D eigenvalue weighted by Gasteiger charge is 2.52. The van der Waals surface area contributed by atoms with Crippen molar-refractivity contribution in [2.24, 2.45) is 0 Å². The predicted octanol–water partition coefficient (Wildman–Crippen LogP) is 2.95. The van der Waals surface area contributed by atoms with Gasteiger partial charge >= 0.3 is 6.03 Å². The van der Waals surface area contributed by atoms with Gasteiger partial charge in [-0.15, -0.1) is 6.42 Å². The number of phenols is 1. The standard InChI is InChI=1S/C33H33FN8O4S/c1-3-13-40(33(46)37-16-20-7-10-23(34)11-8-20)41-19-29(44)42-25(15-21-9-12-26(43)24(35)14-21)31(45)39(18-28(41)42)17-22-5-4-6-27-30(22)38-32(36-2)47-27/h1,4-12,14,25,28,43H,13,15-19,35H2,2H3,(H,36,38)(H,37,46)/t25-,28+/m0/s1. The molecule has 2 atom stereocenters. The number of terminal acetylenes is 1. The molecule has 2 saturated heterocycles. The summed E-state index contributed by atoms with van der Waals surface area (Å²) in [4.78, 5) is 49.4. The average Bonchev–Trinajstić information content (AvgIpc) is 3.64. The highest BCUT2D eigenvalue weighted by atomic mass is 32.1. The van der Waals surface area contributed by atoms with Crippen LogP contribution in [0.25, 0.3) is 10.2 Å². The lowest BCUT2D eigenvalue weighted by atomic mass is 9.99. The van der Waals surface area contributed by atoms with E-state index in [-0.39, 0.29) is 68.2 Å². The molecule has 0 unspecified atom stereocenters. The number of carbonyl (C=O) groups excluding carboxylic acids is 3. The lowest BCUT2D eigenvalue weighted by molar-refractivity contribution is -0.157. The number of rotatable bonds is 9. The van der Waals surface area contributed by atoms with Crippen LogP contribution in [0.5, 0.6) is 5.75 Å². The summed E-state index contributed by atoms with van der Waals surface area (Å²) < 4.78 is 14.4. The van der Waals surface area contributed by atoms with Crippen LogP contribution in [-0.2, 0) is 29.1 Å². The molecule has 12 nitrogen and oxygen atoms in total. The molecule has 2 fully saturated rings. The van der Waals surface area contributed by atoms with Gasteiger partial charge in [-0.3, -0.25) is 9.59 Å². The maximum absolute atomic E-state index is 14.2. The van der Waals surface area contributed by atoms with Crippen molar-refractivity contribution in [3.63, 3.8) is 0 Å². The normalized spacial score (nSPS) is 17.9. The van der Waals surface area contributed by atoms with Crippen LogP contribution < -0.4 is 16.4 Å². The number of aromatic hydroxyl groups is 1. The van der Waals surface area contributed by atoms with Crippen LogP contribution in [0.4, 0.5) is 20.0 Å². The molecule has 0 spiro atoms. The quantitative estimate of drug-likeness (QED) is 0.122. The highest BCUT2D eigenvalue weighted by molar-refractivity contribution is 7.22. The Morgan fingerprint density at radius 1 is 1.19 bits per heavy atom. The minimum absolute atomic E-state index is 0.0829. The number of hydrazine groups is 1. The van der Waals surface area contributed by atoms with Gasteiger partial charge in [-0.05, 0) is 47.0 Å². The van der Waals surface area contributed by atoms with Gasteiger partial charge in [-0.1, -0.05) is 47.6 Å². The number of benzene rings is 3. The Hall–Kier alpha value is -5.39. The largest absolute Gasteiger partial charge is 0.506 e. The molecule has 4 aromatic rings. The number of hydrogen-bond donors (Lipinski definition) is 4. The van der Waals surface area contributed by atoms with E-state index < -0.39 is 18.2 Å². The number of piperazine rings is 1. The van der Waals surface area contributed by atoms with Gasteiger partial charge in [0.15, 0.2) is 5.13 Å². The molecule has 2 aliphatic rings. The lowest BCUT2D eigenvalue weighted by Gasteiger charge is -2.46. The van der Waals surface area contributed by atoms with Crippen LogP contribution in [0, 0.1) is 18.2 Å². The molecule has 0 radical (unpaired) electrons. The average molecular weight is 657 g/mol. The van der Waals surface area contributed by atoms with Crippen LogP contribution in [0.1, 0.15) is 16.7 Å². The summed E-state index contributed by atoms with van der Waals surface area (Å²) in [5.74, 6) is 1.42. The molecule has 47 heavy (non-hydrogen) atoms. The Labute approximate surface area is 274 Å². The fourth-order valence-electron chi connectivity index (χ4n) is 6.03. The molecular weight excluding hydrogens is 623 g/mol. The zero-order chi connectivity index (χ0) is 33.2. The van der Waals surface area contributed by atoms with Crippen LogP contribution in [-0.4, -0.2) is 86.6 Å². The van der Waals surface area contributed by atoms with Crippen molar-refractivity contribution in [1.29, 1.82) is 0 Å². The summed E-state index contributed by atoms with van der Waals surface area (Å²) >= 11 is 1.50. The molecule has 0 aliphatic carbocycles. The molecule has 3 aromatic carbocycles. The monoisotopic (exact) mass is 656 g/mol. The van der Waals surface area contributed by atoms with Crippen LogP contribution in [0.3, 0.4) is 0 Å². The highest BCUT2D eigenvalue weighted by Crippen LogP contribution is 2.33. The third kappa shape index (κ3) is 6.35. The SMILES string of the molecule is C#CCN(C(=O)NCc1ccc(F)cc1)N1CC(=O)N2[C@@H](Cc3ccc(O)c(N)c3)C(=O)N(Cc3cccc4sc(NC)nc34)C[C@@H]21. The second kappa shape index (κ2) is 13.1. The number of nitrogen functional groups attached to an aromatic ring is 1. The molecule has 5 N–H and O–H groups in total. The molecule has 0 bridgehead atoms. The van der Waals surface area contributed by atoms with E-state index in [9.17, 15) is 23.9 Å². The molecule has 242 valence electrons. The zero-order valence-electron chi connectivity index (χ0n) is 25.5. The summed E-state index contributed by atoms with van der Waals surface area (Å²) in [7, 11) is 1.80. The van der Waals surface area contributed by atoms with Gasteiger partial charge in [0.25, 0.3) is 0 Å².